The van der Waals surface area contributed by atoms with Crippen molar-refractivity contribution in [3.05, 3.63) is 74.4 Å². The normalized spacial score (nSPS) is 10.6. The van der Waals surface area contributed by atoms with Crippen molar-refractivity contribution in [1.82, 2.24) is 14.1 Å². The molecule has 25 heavy (non-hydrogen) atoms. The molecule has 7 nitrogen and oxygen atoms in total. The van der Waals surface area contributed by atoms with Gasteiger partial charge in [-0.05, 0) is 26.0 Å². The molecule has 0 aliphatic carbocycles. The van der Waals surface area contributed by atoms with Gasteiger partial charge < -0.3 is 4.42 Å². The molecule has 0 radical (unpaired) electrons. The maximum absolute atomic E-state index is 12.4. The molecule has 0 aliphatic rings. The van der Waals surface area contributed by atoms with E-state index in [-0.39, 0.29) is 12.1 Å². The van der Waals surface area contributed by atoms with Crippen LogP contribution in [0.2, 0.25) is 0 Å². The van der Waals surface area contributed by atoms with Gasteiger partial charge in [-0.15, -0.1) is 0 Å². The zero-order valence-corrected chi connectivity index (χ0v) is 13.9. The van der Waals surface area contributed by atoms with Crippen molar-refractivity contribution >= 4 is 0 Å². The molecule has 1 aromatic carbocycles. The average molecular weight is 336 g/mol. The molecule has 0 saturated heterocycles. The Bertz CT molecular complexity index is 1070. The molecular weight excluding hydrogens is 320 g/mol. The molecule has 0 fully saturated rings. The van der Waals surface area contributed by atoms with Gasteiger partial charge in [0.25, 0.3) is 5.56 Å². The van der Waals surface area contributed by atoms with Crippen LogP contribution in [0.5, 0.6) is 0 Å². The molecule has 0 spiro atoms. The summed E-state index contributed by atoms with van der Waals surface area (Å²) >= 11 is 0. The first-order chi connectivity index (χ1) is 12.0. The van der Waals surface area contributed by atoms with Gasteiger partial charge in [0.15, 0.2) is 0 Å². The molecule has 0 saturated carbocycles. The molecule has 0 unspecified atom stereocenters. The van der Waals surface area contributed by atoms with Crippen LogP contribution in [-0.2, 0) is 13.1 Å². The zero-order chi connectivity index (χ0) is 18.0. The maximum atomic E-state index is 12.4. The summed E-state index contributed by atoms with van der Waals surface area (Å²) in [6, 6.07) is 11.2. The van der Waals surface area contributed by atoms with Crippen molar-refractivity contribution in [2.24, 2.45) is 0 Å². The Morgan fingerprint density at radius 3 is 2.60 bits per heavy atom. The fourth-order valence-electron chi connectivity index (χ4n) is 2.52. The number of benzene rings is 1. The third-order valence-corrected chi connectivity index (χ3v) is 3.92. The molecule has 2 aromatic heterocycles. The number of rotatable bonds is 4. The lowest BCUT2D eigenvalue weighted by Gasteiger charge is -2.08. The third kappa shape index (κ3) is 3.02. The summed E-state index contributed by atoms with van der Waals surface area (Å²) in [7, 11) is 0. The second kappa shape index (κ2) is 6.61. The van der Waals surface area contributed by atoms with E-state index in [1.165, 1.54) is 10.8 Å². The minimum absolute atomic E-state index is 0.0463. The van der Waals surface area contributed by atoms with Crippen molar-refractivity contribution in [3.63, 3.8) is 0 Å². The van der Waals surface area contributed by atoms with E-state index in [4.69, 9.17) is 9.68 Å². The first-order valence-electron chi connectivity index (χ1n) is 7.81. The van der Waals surface area contributed by atoms with Gasteiger partial charge in [-0.1, -0.05) is 18.2 Å². The minimum Gasteiger partial charge on any atom is -0.441 e. The number of nitrogens with zero attached hydrogens (tertiary/aromatic N) is 4. The molecule has 3 rings (SSSR count). The summed E-state index contributed by atoms with van der Waals surface area (Å²) in [5.74, 6) is 0.948. The van der Waals surface area contributed by atoms with Crippen LogP contribution in [0, 0.1) is 18.3 Å². The van der Waals surface area contributed by atoms with Crippen molar-refractivity contribution in [2.45, 2.75) is 26.9 Å². The molecule has 0 amide bonds. The Labute approximate surface area is 143 Å². The van der Waals surface area contributed by atoms with E-state index in [1.807, 2.05) is 36.4 Å². The summed E-state index contributed by atoms with van der Waals surface area (Å²) in [6.45, 7) is 3.81. The van der Waals surface area contributed by atoms with Crippen molar-refractivity contribution in [3.8, 4) is 17.5 Å². The first kappa shape index (κ1) is 16.5. The predicted octanol–water partition coefficient (Wildman–Crippen LogP) is 1.91. The number of oxazole rings is 1. The summed E-state index contributed by atoms with van der Waals surface area (Å²) in [5.41, 5.74) is 0.110. The van der Waals surface area contributed by atoms with E-state index in [9.17, 15) is 9.59 Å². The number of aryl methyl sites for hydroxylation is 2. The Kier molecular flexibility index (Phi) is 4.35. The fourth-order valence-corrected chi connectivity index (χ4v) is 2.52. The molecule has 126 valence electrons. The van der Waals surface area contributed by atoms with Crippen molar-refractivity contribution < 1.29 is 4.42 Å². The van der Waals surface area contributed by atoms with Crippen molar-refractivity contribution in [1.29, 1.82) is 5.26 Å². The standard InChI is InChI=1S/C18H16N4O3/c1-3-21-10-14(9-19)17(23)22(18(21)24)11-15-12(2)25-16(20-15)13-7-5-4-6-8-13/h4-8,10H,3,11H2,1-2H3. The SMILES string of the molecule is CCn1cc(C#N)c(=O)n(Cc2nc(-c3ccccc3)oc2C)c1=O. The van der Waals surface area contributed by atoms with Crippen LogP contribution in [0.1, 0.15) is 23.9 Å². The van der Waals surface area contributed by atoms with E-state index in [2.05, 4.69) is 4.98 Å². The van der Waals surface area contributed by atoms with Gasteiger partial charge in [0.05, 0.1) is 6.54 Å². The van der Waals surface area contributed by atoms with Gasteiger partial charge in [0.1, 0.15) is 23.1 Å². The maximum Gasteiger partial charge on any atom is 0.331 e. The lowest BCUT2D eigenvalue weighted by atomic mass is 10.2. The quantitative estimate of drug-likeness (QED) is 0.725. The zero-order valence-electron chi connectivity index (χ0n) is 13.9. The van der Waals surface area contributed by atoms with Crippen LogP contribution in [0.25, 0.3) is 11.5 Å². The number of hydrogen-bond acceptors (Lipinski definition) is 5. The second-order valence-electron chi connectivity index (χ2n) is 5.50. The van der Waals surface area contributed by atoms with E-state index in [0.717, 1.165) is 10.1 Å². The molecule has 7 heteroatoms. The Morgan fingerprint density at radius 1 is 1.24 bits per heavy atom. The van der Waals surface area contributed by atoms with E-state index in [0.29, 0.717) is 23.9 Å². The smallest absolute Gasteiger partial charge is 0.331 e. The largest absolute Gasteiger partial charge is 0.441 e. The Hall–Kier alpha value is -3.40. The number of nitriles is 1. The molecule has 0 N–H and O–H groups in total. The Balaban J connectivity index is 2.07. The molecule has 2 heterocycles. The number of aromatic nitrogens is 3. The lowest BCUT2D eigenvalue weighted by Crippen LogP contribution is -2.41. The average Bonchev–Trinajstić information content (AvgIpc) is 3.00. The molecule has 0 atom stereocenters. The number of hydrogen-bond donors (Lipinski definition) is 0. The molecule has 0 bridgehead atoms. The first-order valence-corrected chi connectivity index (χ1v) is 7.81. The lowest BCUT2D eigenvalue weighted by molar-refractivity contribution is 0.534. The van der Waals surface area contributed by atoms with Gasteiger partial charge in [-0.2, -0.15) is 5.26 Å². The highest BCUT2D eigenvalue weighted by molar-refractivity contribution is 5.53. The predicted molar refractivity (Wildman–Crippen MR) is 91.1 cm³/mol. The molecule has 0 aliphatic heterocycles. The van der Waals surface area contributed by atoms with E-state index >= 15 is 0 Å². The van der Waals surface area contributed by atoms with Crippen LogP contribution in [-0.4, -0.2) is 14.1 Å². The van der Waals surface area contributed by atoms with Crippen LogP contribution in [0.15, 0.2) is 50.5 Å². The van der Waals surface area contributed by atoms with Crippen LogP contribution in [0.4, 0.5) is 0 Å². The van der Waals surface area contributed by atoms with E-state index in [1.54, 1.807) is 13.8 Å². The third-order valence-electron chi connectivity index (χ3n) is 3.92. The monoisotopic (exact) mass is 336 g/mol. The van der Waals surface area contributed by atoms with Crippen LogP contribution < -0.4 is 11.2 Å². The van der Waals surface area contributed by atoms with Gasteiger partial charge in [-0.3, -0.25) is 13.9 Å². The summed E-state index contributed by atoms with van der Waals surface area (Å²) in [5, 5.41) is 9.11. The summed E-state index contributed by atoms with van der Waals surface area (Å²) in [4.78, 5) is 29.2. The van der Waals surface area contributed by atoms with Gasteiger partial charge in [0.2, 0.25) is 5.89 Å². The van der Waals surface area contributed by atoms with Crippen molar-refractivity contribution in [2.75, 3.05) is 0 Å². The Morgan fingerprint density at radius 2 is 1.96 bits per heavy atom. The molecule has 3 aromatic rings. The second-order valence-corrected chi connectivity index (χ2v) is 5.50. The van der Waals surface area contributed by atoms with Crippen LogP contribution in [0.3, 0.4) is 0 Å². The topological polar surface area (TPSA) is 93.8 Å². The van der Waals surface area contributed by atoms with Gasteiger partial charge in [0, 0.05) is 18.3 Å². The summed E-state index contributed by atoms with van der Waals surface area (Å²) < 4.78 is 8.01. The highest BCUT2D eigenvalue weighted by atomic mass is 16.4. The van der Waals surface area contributed by atoms with E-state index < -0.39 is 11.2 Å². The van der Waals surface area contributed by atoms with Gasteiger partial charge in [-0.25, -0.2) is 9.78 Å². The summed E-state index contributed by atoms with van der Waals surface area (Å²) in [6.07, 6.45) is 1.28. The van der Waals surface area contributed by atoms with Crippen LogP contribution >= 0.6 is 0 Å². The highest BCUT2D eigenvalue weighted by Crippen LogP contribution is 2.21. The minimum atomic E-state index is -0.624. The molecular formula is C18H16N4O3. The highest BCUT2D eigenvalue weighted by Gasteiger charge is 2.16. The van der Waals surface area contributed by atoms with Gasteiger partial charge >= 0.3 is 5.69 Å². The fraction of sp³-hybridized carbons (Fsp3) is 0.222.